The molecule has 0 amide bonds. The second-order valence-electron chi connectivity index (χ2n) is 7.82. The highest BCUT2D eigenvalue weighted by Gasteiger charge is 2.20. The Morgan fingerprint density at radius 2 is 1.97 bits per heavy atom. The van der Waals surface area contributed by atoms with Gasteiger partial charge < -0.3 is 4.98 Å². The van der Waals surface area contributed by atoms with E-state index in [4.69, 9.17) is 0 Å². The number of hydrogen-bond acceptors (Lipinski definition) is 6. The first-order valence-corrected chi connectivity index (χ1v) is 10.8. The Balaban J connectivity index is 1.42. The minimum atomic E-state index is -0.0611. The van der Waals surface area contributed by atoms with Crippen LogP contribution in [0.3, 0.4) is 0 Å². The van der Waals surface area contributed by atoms with Crippen LogP contribution in [0.4, 0.5) is 0 Å². The number of H-pyrrole nitrogens is 1. The van der Waals surface area contributed by atoms with Gasteiger partial charge in [0.25, 0.3) is 5.56 Å². The third-order valence-electron chi connectivity index (χ3n) is 5.45. The fourth-order valence-corrected chi connectivity index (χ4v) is 5.14. The molecule has 1 N–H and O–H groups in total. The number of aryl methyl sites for hydroxylation is 2. The van der Waals surface area contributed by atoms with E-state index in [0.29, 0.717) is 17.6 Å². The summed E-state index contributed by atoms with van der Waals surface area (Å²) in [6.07, 6.45) is 4.36. The zero-order valence-corrected chi connectivity index (χ0v) is 17.3. The molecule has 0 radical (unpaired) electrons. The Morgan fingerprint density at radius 1 is 1.17 bits per heavy atom. The summed E-state index contributed by atoms with van der Waals surface area (Å²) in [5.74, 6) is 1.60. The maximum atomic E-state index is 12.7. The van der Waals surface area contributed by atoms with Crippen molar-refractivity contribution in [3.05, 3.63) is 56.4 Å². The lowest BCUT2D eigenvalue weighted by Crippen LogP contribution is -2.16. The minimum absolute atomic E-state index is 0.0611. The molecule has 0 bridgehead atoms. The van der Waals surface area contributed by atoms with Crippen LogP contribution in [0.1, 0.15) is 54.4 Å². The molecule has 5 rings (SSSR count). The molecule has 29 heavy (non-hydrogen) atoms. The third kappa shape index (κ3) is 3.37. The number of thiophene rings is 1. The lowest BCUT2D eigenvalue weighted by atomic mass is 9.97. The van der Waals surface area contributed by atoms with Crippen LogP contribution in [0, 0.1) is 0 Å². The molecule has 0 spiro atoms. The number of aromatic nitrogens is 6. The van der Waals surface area contributed by atoms with Crippen LogP contribution >= 0.6 is 11.3 Å². The molecule has 1 aliphatic rings. The van der Waals surface area contributed by atoms with Crippen LogP contribution in [0.2, 0.25) is 0 Å². The third-order valence-corrected chi connectivity index (χ3v) is 6.64. The van der Waals surface area contributed by atoms with Crippen molar-refractivity contribution in [1.82, 2.24) is 30.2 Å². The lowest BCUT2D eigenvalue weighted by molar-refractivity contribution is 0.555. The number of nitrogens with zero attached hydrogens (tertiary/aromatic N) is 5. The van der Waals surface area contributed by atoms with Crippen LogP contribution in [0.5, 0.6) is 0 Å². The van der Waals surface area contributed by atoms with Crippen LogP contribution in [0.15, 0.2) is 29.1 Å². The largest absolute Gasteiger partial charge is 0.308 e. The van der Waals surface area contributed by atoms with Crippen molar-refractivity contribution < 1.29 is 0 Å². The van der Waals surface area contributed by atoms with E-state index in [-0.39, 0.29) is 12.1 Å². The first-order valence-electron chi connectivity index (χ1n) is 10.00. The van der Waals surface area contributed by atoms with Crippen molar-refractivity contribution in [2.75, 3.05) is 0 Å². The second kappa shape index (κ2) is 7.18. The van der Waals surface area contributed by atoms with Crippen molar-refractivity contribution in [3.8, 4) is 11.4 Å². The van der Waals surface area contributed by atoms with Crippen LogP contribution in [0.25, 0.3) is 21.6 Å². The van der Waals surface area contributed by atoms with Gasteiger partial charge in [-0.25, -0.2) is 4.98 Å². The fraction of sp³-hybridized carbons (Fsp3) is 0.381. The molecule has 4 aromatic rings. The number of nitrogens with one attached hydrogen (secondary N) is 1. The van der Waals surface area contributed by atoms with Crippen molar-refractivity contribution in [3.63, 3.8) is 0 Å². The first kappa shape index (κ1) is 18.2. The average molecular weight is 407 g/mol. The highest BCUT2D eigenvalue weighted by atomic mass is 32.1. The average Bonchev–Trinajstić information content (AvgIpc) is 3.32. The number of tetrazole rings is 1. The fourth-order valence-electron chi connectivity index (χ4n) is 3.86. The van der Waals surface area contributed by atoms with Crippen molar-refractivity contribution >= 4 is 21.6 Å². The molecule has 0 saturated heterocycles. The summed E-state index contributed by atoms with van der Waals surface area (Å²) in [7, 11) is 0. The van der Waals surface area contributed by atoms with Gasteiger partial charge in [-0.15, -0.1) is 21.5 Å². The number of rotatable bonds is 4. The highest BCUT2D eigenvalue weighted by Crippen LogP contribution is 2.33. The maximum Gasteiger partial charge on any atom is 0.259 e. The molecule has 3 aromatic heterocycles. The van der Waals surface area contributed by atoms with Gasteiger partial charge in [0.1, 0.15) is 17.2 Å². The van der Waals surface area contributed by atoms with E-state index >= 15 is 0 Å². The predicted molar refractivity (Wildman–Crippen MR) is 113 cm³/mol. The van der Waals surface area contributed by atoms with Crippen molar-refractivity contribution in [2.45, 2.75) is 52.0 Å². The Morgan fingerprint density at radius 3 is 2.76 bits per heavy atom. The minimum Gasteiger partial charge on any atom is -0.308 e. The van der Waals surface area contributed by atoms with E-state index < -0.39 is 0 Å². The van der Waals surface area contributed by atoms with Crippen LogP contribution < -0.4 is 5.56 Å². The van der Waals surface area contributed by atoms with E-state index in [1.165, 1.54) is 27.2 Å². The molecule has 0 aliphatic heterocycles. The predicted octanol–water partition coefficient (Wildman–Crippen LogP) is 3.69. The van der Waals surface area contributed by atoms with Gasteiger partial charge in [0.05, 0.1) is 5.39 Å². The Bertz CT molecular complexity index is 1230. The molecule has 1 aromatic carbocycles. The highest BCUT2D eigenvalue weighted by molar-refractivity contribution is 7.18. The number of fused-ring (bicyclic) bond motifs is 3. The summed E-state index contributed by atoms with van der Waals surface area (Å²) in [4.78, 5) is 23.9. The molecular formula is C21H22N6OS. The zero-order valence-electron chi connectivity index (χ0n) is 16.5. The molecule has 8 heteroatoms. The number of aromatic amines is 1. The molecule has 0 atom stereocenters. The van der Waals surface area contributed by atoms with E-state index in [1.807, 2.05) is 12.1 Å². The Kier molecular flexibility index (Phi) is 4.50. The summed E-state index contributed by atoms with van der Waals surface area (Å²) in [6.45, 7) is 4.61. The summed E-state index contributed by atoms with van der Waals surface area (Å²) < 4.78 is 0. The molecule has 0 fully saturated rings. The molecule has 1 aliphatic carbocycles. The first-order chi connectivity index (χ1) is 14.1. The summed E-state index contributed by atoms with van der Waals surface area (Å²) in [5, 5.41) is 13.5. The quantitative estimate of drug-likeness (QED) is 0.558. The Hall–Kier alpha value is -2.87. The second-order valence-corrected chi connectivity index (χ2v) is 8.91. The van der Waals surface area contributed by atoms with Crippen LogP contribution in [-0.4, -0.2) is 30.2 Å². The normalized spacial score (nSPS) is 13.9. The molecule has 148 valence electrons. The SMILES string of the molecule is CC(C)c1ccc(-c2nnn(Cc3nc4sc5c(c4c(=O)[nH]3)CCCC5)n2)cc1. The van der Waals surface area contributed by atoms with Crippen LogP contribution in [-0.2, 0) is 19.4 Å². The summed E-state index contributed by atoms with van der Waals surface area (Å²) >= 11 is 1.65. The smallest absolute Gasteiger partial charge is 0.259 e. The molecular weight excluding hydrogens is 384 g/mol. The van der Waals surface area contributed by atoms with Gasteiger partial charge in [0.2, 0.25) is 5.82 Å². The molecule has 3 heterocycles. The Labute approximate surface area is 171 Å². The van der Waals surface area contributed by atoms with E-state index in [0.717, 1.165) is 35.0 Å². The van der Waals surface area contributed by atoms with Gasteiger partial charge in [-0.05, 0) is 47.9 Å². The standard InChI is InChI=1S/C21H22N6OS/c1-12(2)13-7-9-14(10-8-13)19-24-26-27(25-19)11-17-22-20(28)18-15-5-3-4-6-16(15)29-21(18)23-17/h7-10,12H,3-6,11H2,1-2H3,(H,22,23,28). The zero-order chi connectivity index (χ0) is 20.0. The van der Waals surface area contributed by atoms with Gasteiger partial charge in [-0.2, -0.15) is 4.80 Å². The summed E-state index contributed by atoms with van der Waals surface area (Å²) in [6, 6.07) is 8.20. The lowest BCUT2D eigenvalue weighted by Gasteiger charge is -2.09. The van der Waals surface area contributed by atoms with Crippen molar-refractivity contribution in [1.29, 1.82) is 0 Å². The van der Waals surface area contributed by atoms with Gasteiger partial charge >= 0.3 is 0 Å². The van der Waals surface area contributed by atoms with Gasteiger partial charge in [0, 0.05) is 10.4 Å². The van der Waals surface area contributed by atoms with Gasteiger partial charge in [-0.1, -0.05) is 38.1 Å². The van der Waals surface area contributed by atoms with Crippen molar-refractivity contribution in [2.24, 2.45) is 0 Å². The van der Waals surface area contributed by atoms with E-state index in [1.54, 1.807) is 11.3 Å². The maximum absolute atomic E-state index is 12.7. The molecule has 0 saturated carbocycles. The topological polar surface area (TPSA) is 89.4 Å². The van der Waals surface area contributed by atoms with E-state index in [2.05, 4.69) is 51.4 Å². The van der Waals surface area contributed by atoms with E-state index in [9.17, 15) is 4.79 Å². The monoisotopic (exact) mass is 406 g/mol. The van der Waals surface area contributed by atoms with Gasteiger partial charge in [-0.3, -0.25) is 4.79 Å². The molecule has 7 nitrogen and oxygen atoms in total. The van der Waals surface area contributed by atoms with Gasteiger partial charge in [0.15, 0.2) is 0 Å². The number of hydrogen-bond donors (Lipinski definition) is 1. The number of benzene rings is 1. The summed E-state index contributed by atoms with van der Waals surface area (Å²) in [5.41, 5.74) is 3.33. The molecule has 0 unspecified atom stereocenters.